The molecule has 0 radical (unpaired) electrons. The SMILES string of the molecule is COC(=O)Cc1cnn2ccc(-c3c(C)cc(N4CCCCC4)cc3Cl)cc12. The Morgan fingerprint density at radius 1 is 1.21 bits per heavy atom. The molecule has 4 rings (SSSR count). The number of nitrogens with zero attached hydrogens (tertiary/aromatic N) is 3. The fourth-order valence-electron chi connectivity index (χ4n) is 3.98. The summed E-state index contributed by atoms with van der Waals surface area (Å²) in [6.07, 6.45) is 7.59. The molecule has 3 heterocycles. The number of aromatic nitrogens is 2. The zero-order valence-electron chi connectivity index (χ0n) is 16.2. The van der Waals surface area contributed by atoms with Gasteiger partial charge in [0.1, 0.15) is 0 Å². The summed E-state index contributed by atoms with van der Waals surface area (Å²) in [4.78, 5) is 14.1. The smallest absolute Gasteiger partial charge is 0.310 e. The van der Waals surface area contributed by atoms with E-state index in [2.05, 4.69) is 29.1 Å². The first-order valence-corrected chi connectivity index (χ1v) is 10.0. The van der Waals surface area contributed by atoms with Crippen LogP contribution in [0.15, 0.2) is 36.7 Å². The van der Waals surface area contributed by atoms with Gasteiger partial charge in [0.15, 0.2) is 0 Å². The predicted molar refractivity (Wildman–Crippen MR) is 112 cm³/mol. The van der Waals surface area contributed by atoms with E-state index in [1.807, 2.05) is 18.3 Å². The lowest BCUT2D eigenvalue weighted by Crippen LogP contribution is -2.29. The summed E-state index contributed by atoms with van der Waals surface area (Å²) in [5.74, 6) is -0.277. The van der Waals surface area contributed by atoms with Crippen molar-refractivity contribution in [3.8, 4) is 11.1 Å². The van der Waals surface area contributed by atoms with E-state index in [4.69, 9.17) is 16.3 Å². The fraction of sp³-hybridized carbons (Fsp3) is 0.364. The maximum atomic E-state index is 11.7. The molecule has 1 aliphatic rings. The quantitative estimate of drug-likeness (QED) is 0.600. The molecule has 2 aromatic heterocycles. The highest BCUT2D eigenvalue weighted by atomic mass is 35.5. The number of carbonyl (C=O) groups excluding carboxylic acids is 1. The number of carbonyl (C=O) groups is 1. The first kappa shape index (κ1) is 18.8. The lowest BCUT2D eigenvalue weighted by atomic mass is 9.99. The summed E-state index contributed by atoms with van der Waals surface area (Å²) in [7, 11) is 1.40. The Morgan fingerprint density at radius 2 is 2.00 bits per heavy atom. The molecule has 1 aromatic carbocycles. The van der Waals surface area contributed by atoms with Crippen LogP contribution in [0.4, 0.5) is 5.69 Å². The van der Waals surface area contributed by atoms with Gasteiger partial charge in [-0.15, -0.1) is 0 Å². The standard InChI is InChI=1S/C22H24ClN3O2/c1-15-10-18(25-7-4-3-5-8-25)13-19(23)22(15)16-6-9-26-20(11-16)17(14-24-26)12-21(27)28-2/h6,9-11,13-14H,3-5,7-8,12H2,1-2H3. The van der Waals surface area contributed by atoms with Gasteiger partial charge in [-0.25, -0.2) is 4.52 Å². The fourth-order valence-corrected chi connectivity index (χ4v) is 4.35. The van der Waals surface area contributed by atoms with E-state index in [-0.39, 0.29) is 12.4 Å². The van der Waals surface area contributed by atoms with Crippen molar-refractivity contribution in [2.24, 2.45) is 0 Å². The molecule has 0 atom stereocenters. The van der Waals surface area contributed by atoms with Crippen LogP contribution < -0.4 is 4.90 Å². The number of rotatable bonds is 4. The Balaban J connectivity index is 1.72. The van der Waals surface area contributed by atoms with Crippen LogP contribution in [-0.2, 0) is 16.0 Å². The topological polar surface area (TPSA) is 46.8 Å². The van der Waals surface area contributed by atoms with Crippen LogP contribution in [0, 0.1) is 6.92 Å². The molecule has 0 amide bonds. The Kier molecular flexibility index (Phi) is 5.27. The van der Waals surface area contributed by atoms with E-state index in [0.29, 0.717) is 0 Å². The Bertz CT molecular complexity index is 999. The lowest BCUT2D eigenvalue weighted by Gasteiger charge is -2.29. The molecule has 1 saturated heterocycles. The van der Waals surface area contributed by atoms with Gasteiger partial charge in [0, 0.05) is 36.1 Å². The Hall–Kier alpha value is -2.53. The number of methoxy groups -OCH3 is 1. The summed E-state index contributed by atoms with van der Waals surface area (Å²) < 4.78 is 6.57. The first-order valence-electron chi connectivity index (χ1n) is 9.65. The number of aryl methyl sites for hydroxylation is 1. The second kappa shape index (κ2) is 7.84. The summed E-state index contributed by atoms with van der Waals surface area (Å²) in [6, 6.07) is 8.35. The summed E-state index contributed by atoms with van der Waals surface area (Å²) in [5.41, 5.74) is 6.11. The molecular formula is C22H24ClN3O2. The van der Waals surface area contributed by atoms with Crippen LogP contribution in [0.3, 0.4) is 0 Å². The third-order valence-corrected chi connectivity index (χ3v) is 5.74. The number of fused-ring (bicyclic) bond motifs is 1. The molecule has 146 valence electrons. The first-order chi connectivity index (χ1) is 13.6. The maximum absolute atomic E-state index is 11.7. The van der Waals surface area contributed by atoms with E-state index in [1.165, 1.54) is 32.1 Å². The summed E-state index contributed by atoms with van der Waals surface area (Å²) in [6.45, 7) is 4.28. The Morgan fingerprint density at radius 3 is 2.71 bits per heavy atom. The molecule has 1 fully saturated rings. The van der Waals surface area contributed by atoms with Crippen LogP contribution in [0.1, 0.15) is 30.4 Å². The van der Waals surface area contributed by atoms with Crippen molar-refractivity contribution in [1.29, 1.82) is 0 Å². The molecule has 6 heteroatoms. The van der Waals surface area contributed by atoms with Gasteiger partial charge in [0.25, 0.3) is 0 Å². The molecule has 28 heavy (non-hydrogen) atoms. The molecule has 0 unspecified atom stereocenters. The maximum Gasteiger partial charge on any atom is 0.310 e. The highest BCUT2D eigenvalue weighted by Gasteiger charge is 2.17. The highest BCUT2D eigenvalue weighted by molar-refractivity contribution is 6.33. The largest absolute Gasteiger partial charge is 0.469 e. The molecule has 0 bridgehead atoms. The number of hydrogen-bond acceptors (Lipinski definition) is 4. The van der Waals surface area contributed by atoms with Crippen LogP contribution >= 0.6 is 11.6 Å². The molecule has 5 nitrogen and oxygen atoms in total. The second-order valence-corrected chi connectivity index (χ2v) is 7.74. The number of ether oxygens (including phenoxy) is 1. The number of pyridine rings is 1. The zero-order valence-corrected chi connectivity index (χ0v) is 17.0. The van der Waals surface area contributed by atoms with Crippen molar-refractivity contribution in [3.05, 3.63) is 52.8 Å². The minimum absolute atomic E-state index is 0.198. The van der Waals surface area contributed by atoms with Crippen molar-refractivity contribution in [2.45, 2.75) is 32.6 Å². The minimum Gasteiger partial charge on any atom is -0.469 e. The van der Waals surface area contributed by atoms with Crippen LogP contribution in [0.25, 0.3) is 16.6 Å². The van der Waals surface area contributed by atoms with Crippen molar-refractivity contribution in [2.75, 3.05) is 25.1 Å². The molecule has 0 N–H and O–H groups in total. The summed E-state index contributed by atoms with van der Waals surface area (Å²) in [5, 5.41) is 5.08. The van der Waals surface area contributed by atoms with Gasteiger partial charge < -0.3 is 9.64 Å². The number of piperidine rings is 1. The van der Waals surface area contributed by atoms with Gasteiger partial charge in [0.2, 0.25) is 0 Å². The number of hydrogen-bond donors (Lipinski definition) is 0. The summed E-state index contributed by atoms with van der Waals surface area (Å²) >= 11 is 6.74. The van der Waals surface area contributed by atoms with Crippen LogP contribution in [0.5, 0.6) is 0 Å². The van der Waals surface area contributed by atoms with Gasteiger partial charge in [-0.1, -0.05) is 11.6 Å². The van der Waals surface area contributed by atoms with Gasteiger partial charge in [0.05, 0.1) is 30.3 Å². The molecule has 1 aliphatic heterocycles. The number of esters is 1. The number of anilines is 1. The van der Waals surface area contributed by atoms with Gasteiger partial charge in [-0.2, -0.15) is 5.10 Å². The van der Waals surface area contributed by atoms with E-state index in [9.17, 15) is 4.79 Å². The van der Waals surface area contributed by atoms with Gasteiger partial charge >= 0.3 is 5.97 Å². The molecule has 0 saturated carbocycles. The third kappa shape index (κ3) is 3.59. The normalized spacial score (nSPS) is 14.5. The minimum atomic E-state index is -0.277. The predicted octanol–water partition coefficient (Wildman–Crippen LogP) is 4.67. The number of halogens is 1. The molecule has 3 aromatic rings. The van der Waals surface area contributed by atoms with E-state index in [0.717, 1.165) is 45.9 Å². The average molecular weight is 398 g/mol. The molecule has 0 spiro atoms. The Labute approximate surface area is 169 Å². The van der Waals surface area contributed by atoms with E-state index in [1.54, 1.807) is 10.7 Å². The van der Waals surface area contributed by atoms with Crippen molar-refractivity contribution in [3.63, 3.8) is 0 Å². The van der Waals surface area contributed by atoms with Crippen molar-refractivity contribution in [1.82, 2.24) is 9.61 Å². The monoisotopic (exact) mass is 397 g/mol. The molecule has 0 aliphatic carbocycles. The van der Waals surface area contributed by atoms with E-state index < -0.39 is 0 Å². The van der Waals surface area contributed by atoms with Crippen molar-refractivity contribution >= 4 is 28.8 Å². The van der Waals surface area contributed by atoms with Gasteiger partial charge in [-0.05, 0) is 61.6 Å². The van der Waals surface area contributed by atoms with Gasteiger partial charge in [-0.3, -0.25) is 4.79 Å². The average Bonchev–Trinajstić information content (AvgIpc) is 3.10. The molecular weight excluding hydrogens is 374 g/mol. The third-order valence-electron chi connectivity index (χ3n) is 5.45. The number of benzene rings is 1. The second-order valence-electron chi connectivity index (χ2n) is 7.34. The zero-order chi connectivity index (χ0) is 19.7. The van der Waals surface area contributed by atoms with Crippen molar-refractivity contribution < 1.29 is 9.53 Å². The van der Waals surface area contributed by atoms with Crippen LogP contribution in [-0.4, -0.2) is 35.8 Å². The lowest BCUT2D eigenvalue weighted by molar-refractivity contribution is -0.139. The highest BCUT2D eigenvalue weighted by Crippen LogP contribution is 2.36. The van der Waals surface area contributed by atoms with Crippen LogP contribution in [0.2, 0.25) is 5.02 Å². The van der Waals surface area contributed by atoms with E-state index >= 15 is 0 Å².